The molecule has 0 aliphatic carbocycles. The normalized spacial score (nSPS) is 13.8. The fourth-order valence-corrected chi connectivity index (χ4v) is 1.69. The van der Waals surface area contributed by atoms with Crippen molar-refractivity contribution in [1.29, 1.82) is 0 Å². The number of imide groups is 1. The quantitative estimate of drug-likeness (QED) is 0.567. The maximum atomic E-state index is 11.8. The lowest BCUT2D eigenvalue weighted by Crippen LogP contribution is -2.35. The summed E-state index contributed by atoms with van der Waals surface area (Å²) >= 11 is 0. The SMILES string of the molecule is [N-]=NCC(=O)CN1C(=O)c2ccccc2C1=O. The minimum Gasteiger partial charge on any atom is -0.712 e. The number of rotatable bonds is 4. The highest BCUT2D eigenvalue weighted by Crippen LogP contribution is 2.21. The Morgan fingerprint density at radius 3 is 2.18 bits per heavy atom. The predicted molar refractivity (Wildman–Crippen MR) is 57.5 cm³/mol. The monoisotopic (exact) mass is 230 g/mol. The zero-order valence-corrected chi connectivity index (χ0v) is 8.79. The lowest BCUT2D eigenvalue weighted by molar-refractivity contribution is -0.118. The van der Waals surface area contributed by atoms with Gasteiger partial charge in [0.15, 0.2) is 5.78 Å². The highest BCUT2D eigenvalue weighted by Gasteiger charge is 2.35. The van der Waals surface area contributed by atoms with Crippen LogP contribution in [-0.2, 0) is 4.79 Å². The van der Waals surface area contributed by atoms with Gasteiger partial charge in [0, 0.05) is 0 Å². The van der Waals surface area contributed by atoms with Gasteiger partial charge in [0.2, 0.25) is 0 Å². The van der Waals surface area contributed by atoms with Crippen LogP contribution in [0, 0.1) is 0 Å². The van der Waals surface area contributed by atoms with Gasteiger partial charge < -0.3 is 10.6 Å². The van der Waals surface area contributed by atoms with Gasteiger partial charge in [-0.3, -0.25) is 19.3 Å². The summed E-state index contributed by atoms with van der Waals surface area (Å²) in [6, 6.07) is 6.38. The van der Waals surface area contributed by atoms with Crippen molar-refractivity contribution in [3.8, 4) is 0 Å². The number of carbonyl (C=O) groups is 3. The van der Waals surface area contributed by atoms with E-state index >= 15 is 0 Å². The lowest BCUT2D eigenvalue weighted by atomic mass is 10.1. The molecule has 0 N–H and O–H groups in total. The van der Waals surface area contributed by atoms with E-state index in [1.54, 1.807) is 12.1 Å². The summed E-state index contributed by atoms with van der Waals surface area (Å²) in [4.78, 5) is 35.7. The molecule has 0 fully saturated rings. The summed E-state index contributed by atoms with van der Waals surface area (Å²) in [5.74, 6) is -1.48. The van der Waals surface area contributed by atoms with Gasteiger partial charge in [-0.1, -0.05) is 12.1 Å². The smallest absolute Gasteiger partial charge is 0.261 e. The molecule has 1 heterocycles. The third kappa shape index (κ3) is 1.84. The molecule has 6 heteroatoms. The van der Waals surface area contributed by atoms with Gasteiger partial charge in [-0.2, -0.15) is 0 Å². The van der Waals surface area contributed by atoms with Crippen LogP contribution in [0.15, 0.2) is 29.4 Å². The highest BCUT2D eigenvalue weighted by molar-refractivity contribution is 6.22. The fraction of sp³-hybridized carbons (Fsp3) is 0.182. The first kappa shape index (κ1) is 11.1. The van der Waals surface area contributed by atoms with Crippen molar-refractivity contribution >= 4 is 17.6 Å². The zero-order valence-electron chi connectivity index (χ0n) is 8.79. The lowest BCUT2D eigenvalue weighted by Gasteiger charge is -2.11. The van der Waals surface area contributed by atoms with E-state index < -0.39 is 24.1 Å². The third-order valence-corrected chi connectivity index (χ3v) is 2.46. The second-order valence-corrected chi connectivity index (χ2v) is 3.58. The molecule has 2 rings (SSSR count). The predicted octanol–water partition coefficient (Wildman–Crippen LogP) is 0.873. The molecule has 6 nitrogen and oxygen atoms in total. The number of ketones is 1. The first-order valence-corrected chi connectivity index (χ1v) is 4.93. The molecular weight excluding hydrogens is 222 g/mol. The maximum Gasteiger partial charge on any atom is 0.261 e. The Balaban J connectivity index is 2.24. The van der Waals surface area contributed by atoms with Crippen molar-refractivity contribution in [2.24, 2.45) is 5.11 Å². The molecule has 1 aliphatic rings. The second-order valence-electron chi connectivity index (χ2n) is 3.58. The molecule has 1 aromatic carbocycles. The third-order valence-electron chi connectivity index (χ3n) is 2.46. The minimum absolute atomic E-state index is 0.297. The molecule has 0 radical (unpaired) electrons. The molecule has 1 aromatic rings. The van der Waals surface area contributed by atoms with Crippen LogP contribution in [0.2, 0.25) is 0 Å². The summed E-state index contributed by atoms with van der Waals surface area (Å²) in [6.07, 6.45) is 0. The van der Waals surface area contributed by atoms with Gasteiger partial charge in [-0.15, -0.1) is 0 Å². The molecule has 1 aliphatic heterocycles. The number of hydrogen-bond donors (Lipinski definition) is 0. The highest BCUT2D eigenvalue weighted by atomic mass is 16.2. The van der Waals surface area contributed by atoms with E-state index in [2.05, 4.69) is 5.11 Å². The number of carbonyl (C=O) groups excluding carboxylic acids is 3. The molecular formula is C11H8N3O3-. The van der Waals surface area contributed by atoms with E-state index in [1.807, 2.05) is 0 Å². The van der Waals surface area contributed by atoms with E-state index in [-0.39, 0.29) is 6.54 Å². The van der Waals surface area contributed by atoms with Gasteiger partial charge in [-0.05, 0) is 12.1 Å². The second kappa shape index (κ2) is 4.25. The summed E-state index contributed by atoms with van der Waals surface area (Å²) < 4.78 is 0. The summed E-state index contributed by atoms with van der Waals surface area (Å²) in [7, 11) is 0. The molecule has 0 unspecified atom stereocenters. The van der Waals surface area contributed by atoms with Crippen LogP contribution in [0.5, 0.6) is 0 Å². The van der Waals surface area contributed by atoms with Crippen LogP contribution in [-0.4, -0.2) is 35.6 Å². The Morgan fingerprint density at radius 1 is 1.18 bits per heavy atom. The number of hydrogen-bond acceptors (Lipinski definition) is 4. The first-order valence-electron chi connectivity index (χ1n) is 4.93. The largest absolute Gasteiger partial charge is 0.712 e. The topological polar surface area (TPSA) is 89.1 Å². The summed E-state index contributed by atoms with van der Waals surface area (Å²) in [6.45, 7) is -0.788. The number of nitrogens with zero attached hydrogens (tertiary/aromatic N) is 3. The van der Waals surface area contributed by atoms with Crippen molar-refractivity contribution in [2.75, 3.05) is 13.1 Å². The van der Waals surface area contributed by atoms with Gasteiger partial charge >= 0.3 is 0 Å². The van der Waals surface area contributed by atoms with E-state index in [0.717, 1.165) is 4.90 Å². The Morgan fingerprint density at radius 2 is 1.71 bits per heavy atom. The first-order chi connectivity index (χ1) is 8.15. The molecule has 0 aromatic heterocycles. The van der Waals surface area contributed by atoms with E-state index in [1.165, 1.54) is 12.1 Å². The van der Waals surface area contributed by atoms with Crippen LogP contribution >= 0.6 is 0 Å². The Bertz CT molecular complexity index is 489. The summed E-state index contributed by atoms with van der Waals surface area (Å²) in [5.41, 5.74) is 8.83. The van der Waals surface area contributed by atoms with Gasteiger partial charge in [0.05, 0.1) is 24.2 Å². The van der Waals surface area contributed by atoms with Crippen molar-refractivity contribution in [3.63, 3.8) is 0 Å². The molecule has 0 saturated heterocycles. The van der Waals surface area contributed by atoms with Crippen molar-refractivity contribution in [2.45, 2.75) is 0 Å². The number of Topliss-reactive ketones (excluding diaryl/α,β-unsaturated/α-hetero) is 1. The maximum absolute atomic E-state index is 11.8. The molecule has 0 atom stereocenters. The molecule has 0 bridgehead atoms. The fourth-order valence-electron chi connectivity index (χ4n) is 1.69. The molecule has 17 heavy (non-hydrogen) atoms. The summed E-state index contributed by atoms with van der Waals surface area (Å²) in [5, 5.41) is 2.68. The Labute approximate surface area is 96.7 Å². The van der Waals surface area contributed by atoms with Crippen LogP contribution in [0.1, 0.15) is 20.7 Å². The molecule has 2 amide bonds. The van der Waals surface area contributed by atoms with Crippen LogP contribution in [0.3, 0.4) is 0 Å². The zero-order chi connectivity index (χ0) is 12.4. The van der Waals surface area contributed by atoms with Gasteiger partial charge in [0.25, 0.3) is 11.8 Å². The van der Waals surface area contributed by atoms with Crippen molar-refractivity contribution in [1.82, 2.24) is 4.90 Å². The van der Waals surface area contributed by atoms with Gasteiger partial charge in [0.1, 0.15) is 0 Å². The molecule has 86 valence electrons. The van der Waals surface area contributed by atoms with Gasteiger partial charge in [-0.25, -0.2) is 0 Å². The number of amides is 2. The standard InChI is InChI=1S/C11H8N3O3/c12-13-5-7(15)6-14-10(16)8-3-1-2-4-9(8)11(14)17/h1-4H,5-6H2/q-1. The Hall–Kier alpha value is -2.37. The average molecular weight is 230 g/mol. The van der Waals surface area contributed by atoms with Crippen LogP contribution in [0.4, 0.5) is 0 Å². The van der Waals surface area contributed by atoms with Crippen molar-refractivity contribution in [3.05, 3.63) is 40.9 Å². The van der Waals surface area contributed by atoms with E-state index in [0.29, 0.717) is 11.1 Å². The Kier molecular flexibility index (Phi) is 2.78. The minimum atomic E-state index is -0.498. The van der Waals surface area contributed by atoms with E-state index in [9.17, 15) is 14.4 Å². The number of benzene rings is 1. The van der Waals surface area contributed by atoms with Crippen molar-refractivity contribution < 1.29 is 14.4 Å². The number of fused-ring (bicyclic) bond motifs is 1. The van der Waals surface area contributed by atoms with Crippen LogP contribution in [0.25, 0.3) is 5.53 Å². The van der Waals surface area contributed by atoms with E-state index in [4.69, 9.17) is 5.53 Å². The van der Waals surface area contributed by atoms with Crippen LogP contribution < -0.4 is 0 Å². The average Bonchev–Trinajstić information content (AvgIpc) is 2.56. The molecule has 0 saturated carbocycles. The molecule has 0 spiro atoms.